The summed E-state index contributed by atoms with van der Waals surface area (Å²) in [6.07, 6.45) is 2.95. The van der Waals surface area contributed by atoms with Gasteiger partial charge < -0.3 is 16.0 Å². The highest BCUT2D eigenvalue weighted by Crippen LogP contribution is 2.28. The molecular formula is C27H26F3N3O2. The molecule has 3 aromatic rings. The fourth-order valence-electron chi connectivity index (χ4n) is 4.41. The molecule has 3 N–H and O–H groups in total. The molecule has 3 aromatic carbocycles. The molecule has 4 rings (SSSR count). The number of hydrogen-bond donors (Lipinski definition) is 2. The van der Waals surface area contributed by atoms with E-state index in [9.17, 15) is 22.8 Å². The van der Waals surface area contributed by atoms with Gasteiger partial charge in [0.25, 0.3) is 11.8 Å². The van der Waals surface area contributed by atoms with E-state index in [4.69, 9.17) is 5.73 Å². The largest absolute Gasteiger partial charge is 0.331 e. The van der Waals surface area contributed by atoms with Crippen LogP contribution in [0, 0.1) is 17.5 Å². The van der Waals surface area contributed by atoms with Crippen molar-refractivity contribution in [3.63, 3.8) is 0 Å². The zero-order chi connectivity index (χ0) is 24.9. The summed E-state index contributed by atoms with van der Waals surface area (Å²) in [6.45, 7) is 0.156. The van der Waals surface area contributed by atoms with Crippen molar-refractivity contribution < 1.29 is 22.8 Å². The van der Waals surface area contributed by atoms with Gasteiger partial charge in [-0.05, 0) is 67.6 Å². The molecule has 0 aliphatic heterocycles. The van der Waals surface area contributed by atoms with E-state index in [1.54, 1.807) is 35.2 Å². The first-order valence-corrected chi connectivity index (χ1v) is 11.5. The maximum Gasteiger partial charge on any atom is 0.255 e. The summed E-state index contributed by atoms with van der Waals surface area (Å²) in [6, 6.07) is 15.0. The van der Waals surface area contributed by atoms with E-state index >= 15 is 0 Å². The third-order valence-electron chi connectivity index (χ3n) is 6.25. The first-order valence-electron chi connectivity index (χ1n) is 11.5. The topological polar surface area (TPSA) is 75.4 Å². The number of carbonyl (C=O) groups is 2. The van der Waals surface area contributed by atoms with Gasteiger partial charge in [-0.15, -0.1) is 0 Å². The number of amides is 2. The molecule has 182 valence electrons. The summed E-state index contributed by atoms with van der Waals surface area (Å²) >= 11 is 0. The third kappa shape index (κ3) is 6.08. The van der Waals surface area contributed by atoms with Gasteiger partial charge in [0, 0.05) is 41.5 Å². The van der Waals surface area contributed by atoms with E-state index in [0.29, 0.717) is 30.2 Å². The first-order chi connectivity index (χ1) is 16.8. The number of nitrogens with zero attached hydrogens (tertiary/aromatic N) is 1. The van der Waals surface area contributed by atoms with Gasteiger partial charge in [-0.3, -0.25) is 9.59 Å². The fraction of sp³-hybridized carbons (Fsp3) is 0.259. The Bertz CT molecular complexity index is 1210. The predicted molar refractivity (Wildman–Crippen MR) is 127 cm³/mol. The third-order valence-corrected chi connectivity index (χ3v) is 6.25. The molecule has 0 aromatic heterocycles. The molecule has 0 heterocycles. The lowest BCUT2D eigenvalue weighted by Gasteiger charge is -2.36. The minimum absolute atomic E-state index is 0.0793. The molecule has 35 heavy (non-hydrogen) atoms. The zero-order valence-electron chi connectivity index (χ0n) is 19.0. The van der Waals surface area contributed by atoms with Crippen LogP contribution in [0.25, 0.3) is 0 Å². The van der Waals surface area contributed by atoms with E-state index in [2.05, 4.69) is 5.32 Å². The van der Waals surface area contributed by atoms with Crippen LogP contribution in [0.4, 0.5) is 18.9 Å². The number of carbonyl (C=O) groups excluding carboxylic acids is 2. The summed E-state index contributed by atoms with van der Waals surface area (Å²) in [5, 5.41) is 2.69. The van der Waals surface area contributed by atoms with E-state index in [1.165, 1.54) is 18.2 Å². The van der Waals surface area contributed by atoms with Crippen molar-refractivity contribution in [3.8, 4) is 0 Å². The highest BCUT2D eigenvalue weighted by atomic mass is 19.1. The van der Waals surface area contributed by atoms with Crippen LogP contribution in [0.3, 0.4) is 0 Å². The van der Waals surface area contributed by atoms with Crippen molar-refractivity contribution in [2.24, 2.45) is 5.73 Å². The van der Waals surface area contributed by atoms with Gasteiger partial charge in [-0.25, -0.2) is 13.2 Å². The highest BCUT2D eigenvalue weighted by molar-refractivity contribution is 6.04. The Morgan fingerprint density at radius 3 is 2.17 bits per heavy atom. The minimum Gasteiger partial charge on any atom is -0.331 e. The average Bonchev–Trinajstić information content (AvgIpc) is 2.83. The Balaban J connectivity index is 1.62. The Morgan fingerprint density at radius 2 is 1.49 bits per heavy atom. The SMILES string of the molecule is NC1CCC(N(Cc2ccccc2NC(=O)c2cc(F)cc(F)c2)C(=O)c2cccc(F)c2)CC1. The molecule has 1 saturated carbocycles. The number of anilines is 1. The van der Waals surface area contributed by atoms with Crippen molar-refractivity contribution >= 4 is 17.5 Å². The summed E-state index contributed by atoms with van der Waals surface area (Å²) in [5.74, 6) is -3.21. The van der Waals surface area contributed by atoms with Gasteiger partial charge in [0.05, 0.1) is 0 Å². The van der Waals surface area contributed by atoms with Crippen LogP contribution in [-0.4, -0.2) is 28.8 Å². The average molecular weight is 482 g/mol. The Kier molecular flexibility index (Phi) is 7.51. The summed E-state index contributed by atoms with van der Waals surface area (Å²) in [5.41, 5.74) is 7.18. The molecular weight excluding hydrogens is 455 g/mol. The number of hydrogen-bond acceptors (Lipinski definition) is 3. The normalized spacial score (nSPS) is 17.6. The van der Waals surface area contributed by atoms with Crippen LogP contribution in [0.1, 0.15) is 52.0 Å². The van der Waals surface area contributed by atoms with Crippen LogP contribution in [0.5, 0.6) is 0 Å². The molecule has 0 spiro atoms. The monoisotopic (exact) mass is 481 g/mol. The summed E-state index contributed by atoms with van der Waals surface area (Å²) in [7, 11) is 0. The Labute approximate surface area is 201 Å². The van der Waals surface area contributed by atoms with Crippen molar-refractivity contribution in [3.05, 3.63) is 101 Å². The Morgan fingerprint density at radius 1 is 0.829 bits per heavy atom. The highest BCUT2D eigenvalue weighted by Gasteiger charge is 2.29. The smallest absolute Gasteiger partial charge is 0.255 e. The van der Waals surface area contributed by atoms with Gasteiger partial charge >= 0.3 is 0 Å². The van der Waals surface area contributed by atoms with Gasteiger partial charge in [0.1, 0.15) is 17.5 Å². The molecule has 5 nitrogen and oxygen atoms in total. The van der Waals surface area contributed by atoms with Gasteiger partial charge in [-0.2, -0.15) is 0 Å². The quantitative estimate of drug-likeness (QED) is 0.504. The second-order valence-electron chi connectivity index (χ2n) is 8.78. The molecule has 0 bridgehead atoms. The minimum atomic E-state index is -0.856. The number of nitrogens with two attached hydrogens (primary N) is 1. The van der Waals surface area contributed by atoms with Crippen LogP contribution in [-0.2, 0) is 6.54 Å². The standard InChI is InChI=1S/C27H26F3N3O2/c28-20-6-3-5-17(12-20)27(35)33(24-10-8-23(31)9-11-24)16-18-4-1-2-7-25(18)32-26(34)19-13-21(29)15-22(30)14-19/h1-7,12-15,23-24H,8-11,16,31H2,(H,32,34). The van der Waals surface area contributed by atoms with Crippen molar-refractivity contribution in [2.75, 3.05) is 5.32 Å². The van der Waals surface area contributed by atoms with Crippen LogP contribution in [0.15, 0.2) is 66.7 Å². The lowest BCUT2D eigenvalue weighted by atomic mass is 9.90. The molecule has 1 aliphatic carbocycles. The van der Waals surface area contributed by atoms with E-state index in [-0.39, 0.29) is 35.7 Å². The first kappa shape index (κ1) is 24.5. The molecule has 0 radical (unpaired) electrons. The number of nitrogens with one attached hydrogen (secondary N) is 1. The number of halogens is 3. The summed E-state index contributed by atoms with van der Waals surface area (Å²) < 4.78 is 41.0. The van der Waals surface area contributed by atoms with Gasteiger partial charge in [0.15, 0.2) is 0 Å². The molecule has 8 heteroatoms. The van der Waals surface area contributed by atoms with Crippen molar-refractivity contribution in [2.45, 2.75) is 44.3 Å². The molecule has 1 fully saturated rings. The molecule has 2 amide bonds. The van der Waals surface area contributed by atoms with Crippen molar-refractivity contribution in [1.29, 1.82) is 0 Å². The maximum atomic E-state index is 13.8. The maximum absolute atomic E-state index is 13.8. The molecule has 0 saturated heterocycles. The van der Waals surface area contributed by atoms with E-state index < -0.39 is 23.4 Å². The van der Waals surface area contributed by atoms with Gasteiger partial charge in [-0.1, -0.05) is 24.3 Å². The van der Waals surface area contributed by atoms with Crippen molar-refractivity contribution in [1.82, 2.24) is 4.90 Å². The predicted octanol–water partition coefficient (Wildman–Crippen LogP) is 5.27. The lowest BCUT2D eigenvalue weighted by molar-refractivity contribution is 0.0606. The molecule has 1 aliphatic rings. The lowest BCUT2D eigenvalue weighted by Crippen LogP contribution is -2.44. The second kappa shape index (κ2) is 10.7. The van der Waals surface area contributed by atoms with E-state index in [0.717, 1.165) is 25.0 Å². The molecule has 0 atom stereocenters. The second-order valence-corrected chi connectivity index (χ2v) is 8.78. The van der Waals surface area contributed by atoms with E-state index in [1.807, 2.05) is 0 Å². The van der Waals surface area contributed by atoms with Crippen LogP contribution in [0.2, 0.25) is 0 Å². The number of benzene rings is 3. The Hall–Kier alpha value is -3.65. The van der Waals surface area contributed by atoms with Crippen LogP contribution < -0.4 is 11.1 Å². The fourth-order valence-corrected chi connectivity index (χ4v) is 4.41. The number of para-hydroxylation sites is 1. The van der Waals surface area contributed by atoms with Gasteiger partial charge in [0.2, 0.25) is 0 Å². The molecule has 0 unspecified atom stereocenters. The zero-order valence-corrected chi connectivity index (χ0v) is 19.0. The van der Waals surface area contributed by atoms with Crippen LogP contribution >= 0.6 is 0 Å². The summed E-state index contributed by atoms with van der Waals surface area (Å²) in [4.78, 5) is 27.9. The number of rotatable bonds is 6.